The van der Waals surface area contributed by atoms with E-state index in [0.29, 0.717) is 5.69 Å². The van der Waals surface area contributed by atoms with E-state index in [2.05, 4.69) is 4.98 Å². The Bertz CT molecular complexity index is 565. The molecule has 0 aliphatic heterocycles. The first kappa shape index (κ1) is 11.2. The van der Waals surface area contributed by atoms with E-state index in [9.17, 15) is 13.2 Å². The molecule has 2 rings (SSSR count). The Morgan fingerprint density at radius 2 is 2.06 bits per heavy atom. The fourth-order valence-corrected chi connectivity index (χ4v) is 1.44. The van der Waals surface area contributed by atoms with Crippen LogP contribution in [0.2, 0.25) is 0 Å². The highest BCUT2D eigenvalue weighted by Crippen LogP contribution is 2.33. The summed E-state index contributed by atoms with van der Waals surface area (Å²) in [5, 5.41) is 8.63. The molecule has 1 heterocycles. The fraction of sp³-hybridized carbons (Fsp3) is 0.0909. The molecule has 0 saturated carbocycles. The largest absolute Gasteiger partial charge is 0.417 e. The van der Waals surface area contributed by atoms with Crippen molar-refractivity contribution in [1.29, 1.82) is 5.26 Å². The van der Waals surface area contributed by atoms with Crippen LogP contribution in [0.25, 0.3) is 5.69 Å². The van der Waals surface area contributed by atoms with Crippen molar-refractivity contribution in [3.05, 3.63) is 48.0 Å². The Kier molecular flexibility index (Phi) is 2.60. The summed E-state index contributed by atoms with van der Waals surface area (Å²) in [5.74, 6) is 0. The van der Waals surface area contributed by atoms with Crippen LogP contribution in [0.1, 0.15) is 11.1 Å². The van der Waals surface area contributed by atoms with Crippen molar-refractivity contribution in [1.82, 2.24) is 9.55 Å². The maximum atomic E-state index is 12.7. The maximum Gasteiger partial charge on any atom is 0.417 e. The van der Waals surface area contributed by atoms with Gasteiger partial charge in [0.25, 0.3) is 0 Å². The van der Waals surface area contributed by atoms with Crippen molar-refractivity contribution in [3.63, 3.8) is 0 Å². The number of halogens is 3. The van der Waals surface area contributed by atoms with Gasteiger partial charge in [-0.2, -0.15) is 18.4 Å². The summed E-state index contributed by atoms with van der Waals surface area (Å²) in [6.45, 7) is 0. The van der Waals surface area contributed by atoms with Crippen LogP contribution in [-0.4, -0.2) is 9.55 Å². The molecule has 0 fully saturated rings. The highest BCUT2D eigenvalue weighted by molar-refractivity contribution is 5.47. The van der Waals surface area contributed by atoms with Crippen LogP contribution in [0.15, 0.2) is 36.9 Å². The molecule has 0 radical (unpaired) electrons. The second kappa shape index (κ2) is 3.94. The van der Waals surface area contributed by atoms with E-state index in [4.69, 9.17) is 5.26 Å². The van der Waals surface area contributed by atoms with Crippen LogP contribution in [0, 0.1) is 11.3 Å². The third-order valence-corrected chi connectivity index (χ3v) is 2.23. The average molecular weight is 237 g/mol. The number of hydrogen-bond donors (Lipinski definition) is 0. The summed E-state index contributed by atoms with van der Waals surface area (Å²) in [6.07, 6.45) is -0.157. The van der Waals surface area contributed by atoms with E-state index in [1.165, 1.54) is 35.4 Å². The zero-order valence-corrected chi connectivity index (χ0v) is 8.44. The number of nitrogens with zero attached hydrogens (tertiary/aromatic N) is 3. The van der Waals surface area contributed by atoms with Gasteiger partial charge in [0.2, 0.25) is 0 Å². The number of hydrogen-bond acceptors (Lipinski definition) is 2. The third-order valence-electron chi connectivity index (χ3n) is 2.23. The van der Waals surface area contributed by atoms with Gasteiger partial charge in [0.15, 0.2) is 0 Å². The fourth-order valence-electron chi connectivity index (χ4n) is 1.44. The second-order valence-corrected chi connectivity index (χ2v) is 3.31. The second-order valence-electron chi connectivity index (χ2n) is 3.31. The Morgan fingerprint density at radius 3 is 2.59 bits per heavy atom. The molecule has 2 aromatic rings. The Hall–Kier alpha value is -2.29. The van der Waals surface area contributed by atoms with Crippen LogP contribution in [0.5, 0.6) is 0 Å². The predicted octanol–water partition coefficient (Wildman–Crippen LogP) is 2.76. The smallest absolute Gasteiger partial charge is 0.306 e. The zero-order chi connectivity index (χ0) is 12.5. The van der Waals surface area contributed by atoms with E-state index >= 15 is 0 Å². The first-order valence-electron chi connectivity index (χ1n) is 4.62. The first-order valence-corrected chi connectivity index (χ1v) is 4.62. The molecule has 6 heteroatoms. The van der Waals surface area contributed by atoms with Gasteiger partial charge in [0.1, 0.15) is 0 Å². The summed E-state index contributed by atoms with van der Waals surface area (Å²) in [6, 6.07) is 5.05. The van der Waals surface area contributed by atoms with Gasteiger partial charge < -0.3 is 4.57 Å². The minimum Gasteiger partial charge on any atom is -0.306 e. The Labute approximate surface area is 94.7 Å². The summed E-state index contributed by atoms with van der Waals surface area (Å²) in [5.41, 5.74) is -1.01. The number of nitriles is 1. The normalized spacial score (nSPS) is 11.2. The van der Waals surface area contributed by atoms with E-state index in [-0.39, 0.29) is 5.56 Å². The number of imidazole rings is 1. The molecule has 3 nitrogen and oxygen atoms in total. The molecule has 0 spiro atoms. The molecule has 0 bridgehead atoms. The standard InChI is InChI=1S/C11H6F3N3/c12-11(13,14)10-5-9(2-1-8(10)6-15)17-4-3-16-7-17/h1-5,7H. The monoisotopic (exact) mass is 237 g/mol. The lowest BCUT2D eigenvalue weighted by Crippen LogP contribution is -2.08. The minimum atomic E-state index is -4.54. The minimum absolute atomic E-state index is 0.314. The van der Waals surface area contributed by atoms with Gasteiger partial charge in [-0.05, 0) is 18.2 Å². The highest BCUT2D eigenvalue weighted by Gasteiger charge is 2.33. The quantitative estimate of drug-likeness (QED) is 0.765. The van der Waals surface area contributed by atoms with Crippen molar-refractivity contribution >= 4 is 0 Å². The Morgan fingerprint density at radius 1 is 1.29 bits per heavy atom. The molecule has 0 aliphatic rings. The molecule has 17 heavy (non-hydrogen) atoms. The zero-order valence-electron chi connectivity index (χ0n) is 8.44. The number of benzene rings is 1. The first-order chi connectivity index (χ1) is 8.02. The molecule has 1 aromatic carbocycles. The lowest BCUT2D eigenvalue weighted by atomic mass is 10.1. The molecular weight excluding hydrogens is 231 g/mol. The molecular formula is C11H6F3N3. The van der Waals surface area contributed by atoms with Gasteiger partial charge in [0.05, 0.1) is 23.5 Å². The van der Waals surface area contributed by atoms with Gasteiger partial charge >= 0.3 is 6.18 Å². The van der Waals surface area contributed by atoms with Crippen molar-refractivity contribution in [2.24, 2.45) is 0 Å². The summed E-state index contributed by atoms with van der Waals surface area (Å²) < 4.78 is 39.5. The lowest BCUT2D eigenvalue weighted by Gasteiger charge is -2.10. The van der Waals surface area contributed by atoms with Crippen molar-refractivity contribution < 1.29 is 13.2 Å². The van der Waals surface area contributed by atoms with Gasteiger partial charge in [-0.1, -0.05) is 0 Å². The molecule has 86 valence electrons. The summed E-state index contributed by atoms with van der Waals surface area (Å²) in [4.78, 5) is 3.75. The molecule has 0 aliphatic carbocycles. The summed E-state index contributed by atoms with van der Waals surface area (Å²) >= 11 is 0. The number of alkyl halides is 3. The van der Waals surface area contributed by atoms with E-state index in [1.807, 2.05) is 0 Å². The van der Waals surface area contributed by atoms with Gasteiger partial charge in [0, 0.05) is 18.1 Å². The van der Waals surface area contributed by atoms with Gasteiger partial charge in [-0.3, -0.25) is 0 Å². The third kappa shape index (κ3) is 2.13. The van der Waals surface area contributed by atoms with Crippen molar-refractivity contribution in [3.8, 4) is 11.8 Å². The van der Waals surface area contributed by atoms with Crippen LogP contribution in [0.3, 0.4) is 0 Å². The van der Waals surface area contributed by atoms with Crippen molar-refractivity contribution in [2.45, 2.75) is 6.18 Å². The molecule has 1 aromatic heterocycles. The number of rotatable bonds is 1. The van der Waals surface area contributed by atoms with E-state index < -0.39 is 11.7 Å². The molecule has 0 saturated heterocycles. The van der Waals surface area contributed by atoms with E-state index in [1.54, 1.807) is 0 Å². The van der Waals surface area contributed by atoms with Crippen LogP contribution < -0.4 is 0 Å². The molecule has 0 N–H and O–H groups in total. The lowest BCUT2D eigenvalue weighted by molar-refractivity contribution is -0.137. The molecule has 0 amide bonds. The van der Waals surface area contributed by atoms with Gasteiger partial charge in [-0.25, -0.2) is 4.98 Å². The molecule has 0 unspecified atom stereocenters. The van der Waals surface area contributed by atoms with Gasteiger partial charge in [-0.15, -0.1) is 0 Å². The topological polar surface area (TPSA) is 41.6 Å². The Balaban J connectivity index is 2.58. The van der Waals surface area contributed by atoms with Crippen LogP contribution in [0.4, 0.5) is 13.2 Å². The van der Waals surface area contributed by atoms with Crippen molar-refractivity contribution in [2.75, 3.05) is 0 Å². The van der Waals surface area contributed by atoms with Crippen LogP contribution >= 0.6 is 0 Å². The summed E-state index contributed by atoms with van der Waals surface area (Å²) in [7, 11) is 0. The molecule has 0 atom stereocenters. The SMILES string of the molecule is N#Cc1ccc(-n2ccnc2)cc1C(F)(F)F. The number of aromatic nitrogens is 2. The average Bonchev–Trinajstić information content (AvgIpc) is 2.80. The predicted molar refractivity (Wildman–Crippen MR) is 53.3 cm³/mol. The maximum absolute atomic E-state index is 12.7. The van der Waals surface area contributed by atoms with Crippen LogP contribution in [-0.2, 0) is 6.18 Å². The highest BCUT2D eigenvalue weighted by atomic mass is 19.4. The van der Waals surface area contributed by atoms with E-state index in [0.717, 1.165) is 12.1 Å².